The van der Waals surface area contributed by atoms with Gasteiger partial charge in [0.05, 0.1) is 11.3 Å². The highest BCUT2D eigenvalue weighted by Crippen LogP contribution is 2.46. The van der Waals surface area contributed by atoms with Gasteiger partial charge in [-0.1, -0.05) is 18.2 Å². The molecule has 0 bridgehead atoms. The number of aliphatic hydroxyl groups is 1. The molecule has 0 unspecified atom stereocenters. The second-order valence-electron chi connectivity index (χ2n) is 9.57. The molecule has 2 N–H and O–H groups in total. The zero-order chi connectivity index (χ0) is 27.0. The standard InChI is InChI=1S/C27H24ClF3N4O3/c28-20-11-22(34-25(36)15-4-3-8-32-12-15)17(24(30)31)10-16(20)14-35-23-7-9-33-13-19(23)27(38,26(35)37)18-5-1-2-6-21(18)29/h1-9,12-13,16-17,20,22,24,38H,10-11,14H2,(H,34,36)/t16-,17-,20-,22-,27+/m1/s1. The summed E-state index contributed by atoms with van der Waals surface area (Å²) in [5.74, 6) is -3.90. The van der Waals surface area contributed by atoms with E-state index in [1.165, 1.54) is 60.0 Å². The lowest BCUT2D eigenvalue weighted by atomic mass is 9.77. The average Bonchev–Trinajstić information content (AvgIpc) is 3.13. The first-order valence-electron chi connectivity index (χ1n) is 12.1. The number of pyridine rings is 2. The van der Waals surface area contributed by atoms with E-state index >= 15 is 0 Å². The molecule has 3 heterocycles. The van der Waals surface area contributed by atoms with Gasteiger partial charge in [-0.25, -0.2) is 13.2 Å². The number of carbonyl (C=O) groups is 2. The van der Waals surface area contributed by atoms with Crippen LogP contribution in [0.25, 0.3) is 0 Å². The van der Waals surface area contributed by atoms with E-state index in [0.29, 0.717) is 5.69 Å². The maximum atomic E-state index is 14.7. The number of anilines is 1. The zero-order valence-corrected chi connectivity index (χ0v) is 20.7. The number of alkyl halides is 3. The van der Waals surface area contributed by atoms with Crippen LogP contribution in [0.3, 0.4) is 0 Å². The SMILES string of the molecule is O=C(N[C@@H]1C[C@@H](Cl)[C@@H](CN2C(=O)[C@](O)(c3ccccc3F)c3cnccc32)C[C@H]1C(F)F)c1cccnc1. The third-order valence-corrected chi connectivity index (χ3v) is 7.89. The van der Waals surface area contributed by atoms with Gasteiger partial charge >= 0.3 is 0 Å². The van der Waals surface area contributed by atoms with Gasteiger partial charge in [0.25, 0.3) is 11.8 Å². The molecule has 5 atom stereocenters. The Hall–Kier alpha value is -3.50. The maximum absolute atomic E-state index is 14.7. The average molecular weight is 545 g/mol. The molecule has 2 aromatic heterocycles. The number of hydrogen-bond donors (Lipinski definition) is 2. The predicted molar refractivity (Wildman–Crippen MR) is 133 cm³/mol. The van der Waals surface area contributed by atoms with E-state index in [2.05, 4.69) is 15.3 Å². The molecule has 1 fully saturated rings. The van der Waals surface area contributed by atoms with Crippen LogP contribution in [0.5, 0.6) is 0 Å². The molecule has 1 aromatic carbocycles. The first-order valence-corrected chi connectivity index (χ1v) is 12.5. The zero-order valence-electron chi connectivity index (χ0n) is 20.0. The second kappa shape index (κ2) is 10.3. The Labute approximate surface area is 221 Å². The molecule has 2 amide bonds. The second-order valence-corrected chi connectivity index (χ2v) is 10.1. The summed E-state index contributed by atoms with van der Waals surface area (Å²) in [4.78, 5) is 35.4. The highest BCUT2D eigenvalue weighted by molar-refractivity contribution is 6.21. The van der Waals surface area contributed by atoms with Crippen LogP contribution in [0.2, 0.25) is 0 Å². The topological polar surface area (TPSA) is 95.4 Å². The van der Waals surface area contributed by atoms with Crippen molar-refractivity contribution in [3.63, 3.8) is 0 Å². The number of halogens is 4. The quantitative estimate of drug-likeness (QED) is 0.459. The van der Waals surface area contributed by atoms with E-state index in [0.717, 1.165) is 6.07 Å². The van der Waals surface area contributed by atoms with E-state index < -0.39 is 52.9 Å². The van der Waals surface area contributed by atoms with Crippen molar-refractivity contribution in [2.45, 2.75) is 36.3 Å². The lowest BCUT2D eigenvalue weighted by Gasteiger charge is -2.40. The van der Waals surface area contributed by atoms with Gasteiger partial charge in [0.2, 0.25) is 12.0 Å². The largest absolute Gasteiger partial charge is 0.372 e. The van der Waals surface area contributed by atoms with Crippen molar-refractivity contribution in [3.8, 4) is 0 Å². The van der Waals surface area contributed by atoms with E-state index in [1.807, 2.05) is 0 Å². The molecule has 11 heteroatoms. The van der Waals surface area contributed by atoms with Gasteiger partial charge in [0.1, 0.15) is 5.82 Å². The fourth-order valence-electron chi connectivity index (χ4n) is 5.41. The van der Waals surface area contributed by atoms with Crippen molar-refractivity contribution in [1.82, 2.24) is 15.3 Å². The van der Waals surface area contributed by atoms with Crippen LogP contribution < -0.4 is 10.2 Å². The molecule has 0 saturated heterocycles. The van der Waals surface area contributed by atoms with Crippen molar-refractivity contribution in [3.05, 3.63) is 89.8 Å². The van der Waals surface area contributed by atoms with Gasteiger partial charge in [0, 0.05) is 59.8 Å². The number of aromatic nitrogens is 2. The number of rotatable bonds is 6. The number of nitrogens with zero attached hydrogens (tertiary/aromatic N) is 3. The smallest absolute Gasteiger partial charge is 0.268 e. The van der Waals surface area contributed by atoms with Crippen molar-refractivity contribution in [2.24, 2.45) is 11.8 Å². The highest BCUT2D eigenvalue weighted by atomic mass is 35.5. The number of nitrogens with one attached hydrogen (secondary N) is 1. The lowest BCUT2D eigenvalue weighted by molar-refractivity contribution is -0.132. The van der Waals surface area contributed by atoms with Gasteiger partial charge < -0.3 is 15.3 Å². The molecule has 1 aliphatic heterocycles. The Bertz CT molecular complexity index is 1350. The van der Waals surface area contributed by atoms with E-state index in [-0.39, 0.29) is 36.1 Å². The summed E-state index contributed by atoms with van der Waals surface area (Å²) in [6, 6.07) is 9.14. The van der Waals surface area contributed by atoms with Crippen LogP contribution in [-0.2, 0) is 10.4 Å². The van der Waals surface area contributed by atoms with Crippen LogP contribution in [0.4, 0.5) is 18.9 Å². The Kier molecular flexibility index (Phi) is 7.11. The molecule has 1 saturated carbocycles. The predicted octanol–water partition coefficient (Wildman–Crippen LogP) is 3.90. The van der Waals surface area contributed by atoms with Crippen LogP contribution in [0.1, 0.15) is 34.3 Å². The Balaban J connectivity index is 1.39. The molecule has 0 spiro atoms. The van der Waals surface area contributed by atoms with Crippen LogP contribution in [0.15, 0.2) is 67.3 Å². The number of hydrogen-bond acceptors (Lipinski definition) is 5. The fraction of sp³-hybridized carbons (Fsp3) is 0.333. The van der Waals surface area contributed by atoms with Gasteiger partial charge in [-0.15, -0.1) is 11.6 Å². The van der Waals surface area contributed by atoms with Gasteiger partial charge in [0.15, 0.2) is 0 Å². The highest BCUT2D eigenvalue weighted by Gasteiger charge is 2.54. The summed E-state index contributed by atoms with van der Waals surface area (Å²) in [5.41, 5.74) is -1.90. The molecular weight excluding hydrogens is 521 g/mol. The molecule has 2 aliphatic rings. The molecule has 5 rings (SSSR count). The lowest BCUT2D eigenvalue weighted by Crippen LogP contribution is -2.52. The van der Waals surface area contributed by atoms with Gasteiger partial charge in [-0.2, -0.15) is 0 Å². The van der Waals surface area contributed by atoms with Crippen LogP contribution in [0, 0.1) is 17.7 Å². The molecule has 0 radical (unpaired) electrons. The Morgan fingerprint density at radius 1 is 1.11 bits per heavy atom. The molecular formula is C27H24ClF3N4O3. The summed E-state index contributed by atoms with van der Waals surface area (Å²) in [6.45, 7) is -0.0761. The van der Waals surface area contributed by atoms with E-state index in [4.69, 9.17) is 11.6 Å². The summed E-state index contributed by atoms with van der Waals surface area (Å²) < 4.78 is 43.0. The van der Waals surface area contributed by atoms with Crippen molar-refractivity contribution >= 4 is 29.1 Å². The van der Waals surface area contributed by atoms with Crippen LogP contribution >= 0.6 is 11.6 Å². The monoisotopic (exact) mass is 544 g/mol. The maximum Gasteiger partial charge on any atom is 0.268 e. The van der Waals surface area contributed by atoms with E-state index in [9.17, 15) is 27.9 Å². The molecule has 198 valence electrons. The molecule has 1 aliphatic carbocycles. The Morgan fingerprint density at radius 2 is 1.87 bits per heavy atom. The van der Waals surface area contributed by atoms with Crippen molar-refractivity contribution in [2.75, 3.05) is 11.4 Å². The van der Waals surface area contributed by atoms with Crippen molar-refractivity contribution in [1.29, 1.82) is 0 Å². The third-order valence-electron chi connectivity index (χ3n) is 7.36. The minimum Gasteiger partial charge on any atom is -0.372 e. The summed E-state index contributed by atoms with van der Waals surface area (Å²) >= 11 is 6.66. The van der Waals surface area contributed by atoms with Gasteiger partial charge in [-0.3, -0.25) is 19.6 Å². The van der Waals surface area contributed by atoms with E-state index in [1.54, 1.807) is 6.07 Å². The number of amides is 2. The first-order chi connectivity index (χ1) is 18.2. The number of carbonyl (C=O) groups excluding carboxylic acids is 2. The third kappa shape index (κ3) is 4.52. The summed E-state index contributed by atoms with van der Waals surface area (Å²) in [7, 11) is 0. The fourth-order valence-corrected chi connectivity index (χ4v) is 5.78. The molecule has 38 heavy (non-hydrogen) atoms. The minimum atomic E-state index is -2.75. The first kappa shape index (κ1) is 26.1. The number of benzene rings is 1. The van der Waals surface area contributed by atoms with Crippen molar-refractivity contribution < 1.29 is 27.9 Å². The summed E-state index contributed by atoms with van der Waals surface area (Å²) in [6.07, 6.45) is 2.80. The Morgan fingerprint density at radius 3 is 2.58 bits per heavy atom. The number of fused-ring (bicyclic) bond motifs is 1. The molecule has 7 nitrogen and oxygen atoms in total. The van der Waals surface area contributed by atoms with Crippen LogP contribution in [-0.4, -0.2) is 51.3 Å². The molecule has 3 aromatic rings. The van der Waals surface area contributed by atoms with Gasteiger partial charge in [-0.05, 0) is 43.0 Å². The normalized spacial score (nSPS) is 26.9. The summed E-state index contributed by atoms with van der Waals surface area (Å²) in [5, 5.41) is 13.5. The minimum absolute atomic E-state index is 0.0516.